The van der Waals surface area contributed by atoms with E-state index in [1.807, 2.05) is 5.32 Å². The van der Waals surface area contributed by atoms with Gasteiger partial charge in [0.2, 0.25) is 0 Å². The Balaban J connectivity index is 2.29. The van der Waals surface area contributed by atoms with Crippen molar-refractivity contribution < 1.29 is 31.3 Å². The highest BCUT2D eigenvalue weighted by Crippen LogP contribution is 2.39. The van der Waals surface area contributed by atoms with E-state index in [-0.39, 0.29) is 16.9 Å². The maximum Gasteiger partial charge on any atom is 0.432 e. The lowest BCUT2D eigenvalue weighted by Gasteiger charge is -2.17. The molecular formula is C20H10Cl2F5N3O2. The molecule has 3 aromatic rings. The summed E-state index contributed by atoms with van der Waals surface area (Å²) in [5, 5.41) is 11.4. The molecule has 3 rings (SSSR count). The third-order valence-electron chi connectivity index (χ3n) is 4.12. The van der Waals surface area contributed by atoms with Crippen LogP contribution in [0.2, 0.25) is 5.02 Å². The molecule has 0 atom stereocenters. The molecule has 32 heavy (non-hydrogen) atoms. The highest BCUT2D eigenvalue weighted by molar-refractivity contribution is 6.68. The Labute approximate surface area is 186 Å². The van der Waals surface area contributed by atoms with Gasteiger partial charge in [0, 0.05) is 11.9 Å². The first-order valence-corrected chi connectivity index (χ1v) is 9.29. The van der Waals surface area contributed by atoms with Crippen LogP contribution in [0.25, 0.3) is 16.8 Å². The van der Waals surface area contributed by atoms with Crippen molar-refractivity contribution in [2.45, 2.75) is 6.18 Å². The molecule has 0 aliphatic carbocycles. The summed E-state index contributed by atoms with van der Waals surface area (Å²) >= 11 is 11.5. The summed E-state index contributed by atoms with van der Waals surface area (Å²) in [7, 11) is 0. The molecule has 0 amide bonds. The molecule has 0 aliphatic rings. The van der Waals surface area contributed by atoms with Crippen molar-refractivity contribution in [1.82, 2.24) is 5.16 Å². The predicted octanol–water partition coefficient (Wildman–Crippen LogP) is 6.69. The van der Waals surface area contributed by atoms with Crippen LogP contribution in [0.5, 0.6) is 0 Å². The molecule has 12 heteroatoms. The number of aromatic nitrogens is 1. The maximum atomic E-state index is 14.3. The van der Waals surface area contributed by atoms with E-state index in [0.29, 0.717) is 0 Å². The molecule has 0 saturated heterocycles. The van der Waals surface area contributed by atoms with E-state index < -0.39 is 56.9 Å². The summed E-state index contributed by atoms with van der Waals surface area (Å²) in [6, 6.07) is 7.62. The van der Waals surface area contributed by atoms with Crippen molar-refractivity contribution in [2.75, 3.05) is 5.32 Å². The van der Waals surface area contributed by atoms with Crippen molar-refractivity contribution in [2.24, 2.45) is 0 Å². The van der Waals surface area contributed by atoms with Gasteiger partial charge in [-0.2, -0.15) is 13.2 Å². The SMILES string of the molecule is N=C/C(=C(\Nc1cccc(F)c1)C(F)(F)F)c1onc(-c2c(F)cccc2Cl)c1C(=O)Cl. The fourth-order valence-electron chi connectivity index (χ4n) is 2.80. The third kappa shape index (κ3) is 4.66. The predicted molar refractivity (Wildman–Crippen MR) is 109 cm³/mol. The van der Waals surface area contributed by atoms with E-state index in [0.717, 1.165) is 30.3 Å². The zero-order valence-corrected chi connectivity index (χ0v) is 17.0. The highest BCUT2D eigenvalue weighted by atomic mass is 35.5. The summed E-state index contributed by atoms with van der Waals surface area (Å²) in [6.45, 7) is 0. The molecule has 2 N–H and O–H groups in total. The second-order valence-electron chi connectivity index (χ2n) is 6.17. The van der Waals surface area contributed by atoms with Crippen LogP contribution >= 0.6 is 23.2 Å². The highest BCUT2D eigenvalue weighted by Gasteiger charge is 2.39. The topological polar surface area (TPSA) is 79.0 Å². The summed E-state index contributed by atoms with van der Waals surface area (Å²) in [6.07, 6.45) is -4.87. The van der Waals surface area contributed by atoms with Gasteiger partial charge in [-0.1, -0.05) is 28.9 Å². The fraction of sp³-hybridized carbons (Fsp3) is 0.0500. The molecule has 0 fully saturated rings. The number of halogens is 7. The summed E-state index contributed by atoms with van der Waals surface area (Å²) < 4.78 is 74.2. The number of nitrogens with one attached hydrogen (secondary N) is 2. The Morgan fingerprint density at radius 1 is 1.16 bits per heavy atom. The van der Waals surface area contributed by atoms with Gasteiger partial charge >= 0.3 is 6.18 Å². The van der Waals surface area contributed by atoms with E-state index in [2.05, 4.69) is 5.16 Å². The van der Waals surface area contributed by atoms with Crippen molar-refractivity contribution in [3.05, 3.63) is 76.1 Å². The fourth-order valence-corrected chi connectivity index (χ4v) is 3.23. The van der Waals surface area contributed by atoms with E-state index in [9.17, 15) is 26.7 Å². The summed E-state index contributed by atoms with van der Waals surface area (Å²) in [5.41, 5.74) is -4.57. The Hall–Kier alpha value is -3.24. The minimum Gasteiger partial charge on any atom is -0.355 e. The molecule has 0 saturated carbocycles. The Morgan fingerprint density at radius 2 is 1.84 bits per heavy atom. The van der Waals surface area contributed by atoms with Crippen LogP contribution in [0.15, 0.2) is 52.7 Å². The monoisotopic (exact) mass is 489 g/mol. The van der Waals surface area contributed by atoms with Crippen LogP contribution in [-0.2, 0) is 0 Å². The number of allylic oxidation sites excluding steroid dienone is 2. The molecular weight excluding hydrogens is 480 g/mol. The first-order valence-electron chi connectivity index (χ1n) is 8.53. The number of rotatable bonds is 6. The molecule has 166 valence electrons. The second-order valence-corrected chi connectivity index (χ2v) is 6.92. The van der Waals surface area contributed by atoms with Crippen molar-refractivity contribution in [3.63, 3.8) is 0 Å². The van der Waals surface area contributed by atoms with Gasteiger partial charge in [0.15, 0.2) is 5.76 Å². The van der Waals surface area contributed by atoms with Gasteiger partial charge in [-0.3, -0.25) is 4.79 Å². The average molecular weight is 490 g/mol. The number of carbonyl (C=O) groups excluding carboxylic acids is 1. The van der Waals surface area contributed by atoms with Crippen molar-refractivity contribution >= 4 is 45.9 Å². The van der Waals surface area contributed by atoms with Crippen molar-refractivity contribution in [1.29, 1.82) is 5.41 Å². The smallest absolute Gasteiger partial charge is 0.355 e. The quantitative estimate of drug-likeness (QED) is 0.229. The second kappa shape index (κ2) is 9.09. The van der Waals surface area contributed by atoms with E-state index in [1.165, 1.54) is 12.1 Å². The lowest BCUT2D eigenvalue weighted by Crippen LogP contribution is -2.22. The molecule has 5 nitrogen and oxygen atoms in total. The number of alkyl halides is 3. The number of carbonyl (C=O) groups is 1. The molecule has 0 spiro atoms. The first-order chi connectivity index (χ1) is 15.0. The first kappa shape index (κ1) is 23.4. The molecule has 1 aromatic heterocycles. The normalized spacial score (nSPS) is 12.3. The van der Waals surface area contributed by atoms with Gasteiger partial charge < -0.3 is 15.2 Å². The van der Waals surface area contributed by atoms with E-state index >= 15 is 0 Å². The van der Waals surface area contributed by atoms with Crippen LogP contribution in [0, 0.1) is 17.0 Å². The van der Waals surface area contributed by atoms with Gasteiger partial charge in [0.05, 0.1) is 16.2 Å². The Morgan fingerprint density at radius 3 is 2.41 bits per heavy atom. The van der Waals surface area contributed by atoms with Gasteiger partial charge in [0.25, 0.3) is 5.24 Å². The number of hydrogen-bond donors (Lipinski definition) is 2. The average Bonchev–Trinajstić information content (AvgIpc) is 3.12. The Bertz CT molecular complexity index is 1220. The lowest BCUT2D eigenvalue weighted by atomic mass is 10.0. The van der Waals surface area contributed by atoms with E-state index in [4.69, 9.17) is 33.1 Å². The third-order valence-corrected chi connectivity index (χ3v) is 4.63. The maximum absolute atomic E-state index is 14.3. The zero-order valence-electron chi connectivity index (χ0n) is 15.5. The molecule has 0 aliphatic heterocycles. The molecule has 0 unspecified atom stereocenters. The standard InChI is InChI=1S/C20H10Cl2F5N3O2/c21-12-5-2-6-13(24)14(12)16-15(19(22)31)17(32-30-16)11(8-28)18(20(25,26)27)29-10-4-1-3-9(23)7-10/h1-8,28-29H/b18-11+,28-8?. The molecule has 0 radical (unpaired) electrons. The van der Waals surface area contributed by atoms with Crippen LogP contribution in [0.4, 0.5) is 27.6 Å². The Kier molecular flexibility index (Phi) is 6.65. The summed E-state index contributed by atoms with van der Waals surface area (Å²) in [4.78, 5) is 12.1. The molecule has 1 heterocycles. The van der Waals surface area contributed by atoms with Crippen LogP contribution < -0.4 is 5.32 Å². The van der Waals surface area contributed by atoms with Crippen LogP contribution in [0.1, 0.15) is 16.1 Å². The minimum absolute atomic E-state index is 0.210. The zero-order chi connectivity index (χ0) is 23.6. The lowest BCUT2D eigenvalue weighted by molar-refractivity contribution is -0.0896. The number of benzene rings is 2. The van der Waals surface area contributed by atoms with Crippen LogP contribution in [-0.4, -0.2) is 22.8 Å². The molecule has 2 aromatic carbocycles. The number of hydrogen-bond acceptors (Lipinski definition) is 5. The molecule has 0 bridgehead atoms. The van der Waals surface area contributed by atoms with Crippen LogP contribution in [0.3, 0.4) is 0 Å². The van der Waals surface area contributed by atoms with Crippen molar-refractivity contribution in [3.8, 4) is 11.3 Å². The summed E-state index contributed by atoms with van der Waals surface area (Å²) in [5.74, 6) is -2.61. The van der Waals surface area contributed by atoms with E-state index in [1.54, 1.807) is 0 Å². The van der Waals surface area contributed by atoms with Gasteiger partial charge in [-0.25, -0.2) is 8.78 Å². The largest absolute Gasteiger partial charge is 0.432 e. The minimum atomic E-state index is -5.12. The van der Waals surface area contributed by atoms with Gasteiger partial charge in [0.1, 0.15) is 28.6 Å². The number of anilines is 1. The number of nitrogens with zero attached hydrogens (tertiary/aromatic N) is 1. The van der Waals surface area contributed by atoms with Gasteiger partial charge in [-0.15, -0.1) is 0 Å². The van der Waals surface area contributed by atoms with Gasteiger partial charge in [-0.05, 0) is 41.9 Å².